The van der Waals surface area contributed by atoms with Crippen molar-refractivity contribution in [2.75, 3.05) is 42.5 Å². The number of benzene rings is 2. The van der Waals surface area contributed by atoms with Crippen molar-refractivity contribution >= 4 is 23.5 Å². The molecular weight excluding hydrogens is 508 g/mol. The van der Waals surface area contributed by atoms with Crippen LogP contribution in [-0.2, 0) is 9.59 Å². The predicted octanol–water partition coefficient (Wildman–Crippen LogP) is 1.55. The van der Waals surface area contributed by atoms with Crippen molar-refractivity contribution in [1.82, 2.24) is 20.9 Å². The molecule has 0 aromatic heterocycles. The molecule has 0 heterocycles. The molecule has 0 bridgehead atoms. The van der Waals surface area contributed by atoms with Gasteiger partial charge in [-0.15, -0.1) is 4.95 Å². The summed E-state index contributed by atoms with van der Waals surface area (Å²) in [6.07, 6.45) is 1.08. The highest BCUT2D eigenvalue weighted by molar-refractivity contribution is 6.05. The van der Waals surface area contributed by atoms with Crippen molar-refractivity contribution < 1.29 is 28.5 Å². The lowest BCUT2D eigenvalue weighted by atomic mass is 10.1. The first-order valence-corrected chi connectivity index (χ1v) is 11.1. The molecule has 14 nitrogen and oxygen atoms in total. The molecule has 2 aromatic carbocycles. The fraction of sp³-hybridized carbons (Fsp3) is 0.280. The highest BCUT2D eigenvalue weighted by Crippen LogP contribution is 2.26. The van der Waals surface area contributed by atoms with Gasteiger partial charge in [-0.1, -0.05) is 0 Å². The SMILES string of the molecule is [C-]#[N+]/N=C(\c1cc(OC)ccc1OC)N(C)NC(=O)CC(=O)NN(C)/C(=N/C#N)c1cc(OC)ccc1OC. The fourth-order valence-electron chi connectivity index (χ4n) is 3.39. The third-order valence-corrected chi connectivity index (χ3v) is 5.14. The molecule has 0 fully saturated rings. The van der Waals surface area contributed by atoms with Gasteiger partial charge < -0.3 is 18.9 Å². The van der Waals surface area contributed by atoms with Crippen LogP contribution in [0.1, 0.15) is 17.5 Å². The van der Waals surface area contributed by atoms with E-state index in [0.717, 1.165) is 0 Å². The van der Waals surface area contributed by atoms with E-state index in [9.17, 15) is 14.9 Å². The summed E-state index contributed by atoms with van der Waals surface area (Å²) >= 11 is 0. The second-order valence-electron chi connectivity index (χ2n) is 7.56. The summed E-state index contributed by atoms with van der Waals surface area (Å²) < 4.78 is 21.1. The molecule has 2 N–H and O–H groups in total. The molecule has 0 saturated heterocycles. The highest BCUT2D eigenvalue weighted by atomic mass is 16.5. The Morgan fingerprint density at radius 3 is 1.74 bits per heavy atom. The largest absolute Gasteiger partial charge is 0.497 e. The summed E-state index contributed by atoms with van der Waals surface area (Å²) in [6.45, 7) is 7.18. The van der Waals surface area contributed by atoms with E-state index in [1.165, 1.54) is 52.6 Å². The van der Waals surface area contributed by atoms with Crippen molar-refractivity contribution in [2.24, 2.45) is 10.1 Å². The average Bonchev–Trinajstić information content (AvgIpc) is 2.93. The molecule has 39 heavy (non-hydrogen) atoms. The maximum atomic E-state index is 12.7. The van der Waals surface area contributed by atoms with E-state index in [1.54, 1.807) is 42.6 Å². The monoisotopic (exact) mass is 536 g/mol. The number of hydrogen-bond donors (Lipinski definition) is 2. The molecule has 0 atom stereocenters. The number of hydrogen-bond acceptors (Lipinski definition) is 9. The molecule has 2 rings (SSSR count). The third kappa shape index (κ3) is 7.74. The molecule has 14 heteroatoms. The predicted molar refractivity (Wildman–Crippen MR) is 141 cm³/mol. The number of ether oxygens (including phenoxy) is 4. The van der Waals surface area contributed by atoms with Crippen LogP contribution in [0.15, 0.2) is 46.5 Å². The molecule has 0 unspecified atom stereocenters. The Labute approximate surface area is 225 Å². The molecule has 0 spiro atoms. The number of hydrazine groups is 2. The zero-order valence-corrected chi connectivity index (χ0v) is 22.3. The average molecular weight is 537 g/mol. The summed E-state index contributed by atoms with van der Waals surface area (Å²) in [7, 11) is 8.76. The van der Waals surface area contributed by atoms with Gasteiger partial charge in [-0.3, -0.25) is 30.5 Å². The van der Waals surface area contributed by atoms with Gasteiger partial charge in [-0.25, -0.2) is 0 Å². The maximum Gasteiger partial charge on any atom is 0.248 e. The Morgan fingerprint density at radius 2 is 1.33 bits per heavy atom. The second-order valence-corrected chi connectivity index (χ2v) is 7.56. The summed E-state index contributed by atoms with van der Waals surface area (Å²) in [5.74, 6) is 0.409. The van der Waals surface area contributed by atoms with Gasteiger partial charge in [0, 0.05) is 14.1 Å². The summed E-state index contributed by atoms with van der Waals surface area (Å²) in [5, 5.41) is 15.4. The van der Waals surface area contributed by atoms with E-state index < -0.39 is 18.2 Å². The molecule has 2 amide bonds. The molecule has 0 aliphatic carbocycles. The van der Waals surface area contributed by atoms with Gasteiger partial charge >= 0.3 is 0 Å². The van der Waals surface area contributed by atoms with E-state index in [0.29, 0.717) is 34.1 Å². The van der Waals surface area contributed by atoms with E-state index in [2.05, 4.69) is 25.9 Å². The van der Waals surface area contributed by atoms with Gasteiger partial charge in [0.15, 0.2) is 5.84 Å². The van der Waals surface area contributed by atoms with E-state index >= 15 is 0 Å². The van der Waals surface area contributed by atoms with Crippen molar-refractivity contribution in [3.63, 3.8) is 0 Å². The van der Waals surface area contributed by atoms with Gasteiger partial charge in [0.05, 0.1) is 39.6 Å². The minimum Gasteiger partial charge on any atom is -0.497 e. The normalized spacial score (nSPS) is 10.9. The number of carbonyl (C=O) groups excluding carboxylic acids is 2. The van der Waals surface area contributed by atoms with Crippen LogP contribution in [0, 0.1) is 18.0 Å². The van der Waals surface area contributed by atoms with Crippen LogP contribution in [0.2, 0.25) is 0 Å². The van der Waals surface area contributed by atoms with E-state index in [4.69, 9.17) is 25.5 Å². The first-order chi connectivity index (χ1) is 18.7. The lowest BCUT2D eigenvalue weighted by Crippen LogP contribution is -2.48. The second kappa shape index (κ2) is 14.3. The summed E-state index contributed by atoms with van der Waals surface area (Å²) in [5.41, 5.74) is 5.75. The van der Waals surface area contributed by atoms with Crippen LogP contribution in [0.3, 0.4) is 0 Å². The number of carbonyl (C=O) groups is 2. The summed E-state index contributed by atoms with van der Waals surface area (Å²) in [4.78, 5) is 32.2. The molecule has 204 valence electrons. The minimum absolute atomic E-state index is 0.0516. The lowest BCUT2D eigenvalue weighted by molar-refractivity contribution is -0.132. The lowest BCUT2D eigenvalue weighted by Gasteiger charge is -2.23. The zero-order chi connectivity index (χ0) is 28.9. The molecule has 0 aliphatic rings. The number of methoxy groups -OCH3 is 4. The molecule has 2 aromatic rings. The first kappa shape index (κ1) is 29.7. The molecule has 0 saturated carbocycles. The van der Waals surface area contributed by atoms with Crippen LogP contribution < -0.4 is 29.8 Å². The van der Waals surface area contributed by atoms with Gasteiger partial charge in [-0.05, 0) is 36.4 Å². The third-order valence-electron chi connectivity index (χ3n) is 5.14. The maximum absolute atomic E-state index is 12.7. The molecule has 0 radical (unpaired) electrons. The van der Waals surface area contributed by atoms with E-state index in [-0.39, 0.29) is 11.7 Å². The number of nitrogens with one attached hydrogen (secondary N) is 2. The highest BCUT2D eigenvalue weighted by Gasteiger charge is 2.23. The van der Waals surface area contributed by atoms with Crippen molar-refractivity contribution in [3.8, 4) is 29.2 Å². The van der Waals surface area contributed by atoms with Crippen LogP contribution in [0.4, 0.5) is 0 Å². The smallest absolute Gasteiger partial charge is 0.248 e. The van der Waals surface area contributed by atoms with Gasteiger partial charge in [0.2, 0.25) is 23.8 Å². The van der Waals surface area contributed by atoms with Crippen LogP contribution in [-0.4, -0.2) is 76.0 Å². The number of amidine groups is 2. The quantitative estimate of drug-likeness (QED) is 0.128. The van der Waals surface area contributed by atoms with Gasteiger partial charge in [0.1, 0.15) is 34.5 Å². The Balaban J connectivity index is 2.17. The Kier molecular flexibility index (Phi) is 10.9. The van der Waals surface area contributed by atoms with Crippen molar-refractivity contribution in [1.29, 1.82) is 5.26 Å². The number of rotatable bonds is 8. The van der Waals surface area contributed by atoms with E-state index in [1.807, 2.05) is 0 Å². The molecule has 0 aliphatic heterocycles. The summed E-state index contributed by atoms with van der Waals surface area (Å²) in [6, 6.07) is 9.77. The topological polar surface area (TPSA) is 154 Å². The zero-order valence-electron chi connectivity index (χ0n) is 22.3. The number of nitriles is 1. The van der Waals surface area contributed by atoms with Gasteiger partial charge in [0.25, 0.3) is 0 Å². The van der Waals surface area contributed by atoms with Crippen LogP contribution in [0.5, 0.6) is 23.0 Å². The Hall–Kier alpha value is -5.50. The number of nitrogens with zero attached hydrogens (tertiary/aromatic N) is 6. The Bertz CT molecular complexity index is 1240. The number of aliphatic imine (C=N–C) groups is 1. The Morgan fingerprint density at radius 1 is 0.872 bits per heavy atom. The van der Waals surface area contributed by atoms with Crippen molar-refractivity contribution in [3.05, 3.63) is 59.1 Å². The number of amides is 2. The minimum atomic E-state index is -0.710. The first-order valence-electron chi connectivity index (χ1n) is 11.1. The fourth-order valence-corrected chi connectivity index (χ4v) is 3.39. The van der Waals surface area contributed by atoms with Crippen LogP contribution >= 0.6 is 0 Å². The standard InChI is InChI=1S/C25H28N8O6/c1-27-29-25(19-13-17(37-5)9-11-21(19)39-7)33(3)31-23(35)14-22(34)30-32(2)24(28-15-26)18-12-16(36-4)8-10-20(18)38-6/h8-13H,14H2,2-7H3,(H,30,34)(H,31,35)/b28-24+,29-25+. The molecular formula is C25H28N8O6. The van der Waals surface area contributed by atoms with Gasteiger partial charge in [-0.2, -0.15) is 16.8 Å². The van der Waals surface area contributed by atoms with Crippen LogP contribution in [0.25, 0.3) is 4.95 Å². The van der Waals surface area contributed by atoms with Crippen molar-refractivity contribution in [2.45, 2.75) is 6.42 Å².